The molecule has 0 aliphatic heterocycles. The number of benzene rings is 1. The van der Waals surface area contributed by atoms with Gasteiger partial charge in [-0.05, 0) is 6.92 Å². The van der Waals surface area contributed by atoms with E-state index in [1.807, 2.05) is 5.32 Å². The van der Waals surface area contributed by atoms with Crippen LogP contribution in [0.15, 0.2) is 17.3 Å². The van der Waals surface area contributed by atoms with Gasteiger partial charge in [0.25, 0.3) is 10.9 Å². The van der Waals surface area contributed by atoms with E-state index in [9.17, 15) is 34.8 Å². The number of fused-ring (bicyclic) bond motifs is 1. The fourth-order valence-electron chi connectivity index (χ4n) is 2.44. The van der Waals surface area contributed by atoms with Crippen molar-refractivity contribution in [2.45, 2.75) is 24.3 Å². The molecule has 1 aromatic carbocycles. The fraction of sp³-hybridized carbons (Fsp3) is 0.267. The van der Waals surface area contributed by atoms with Crippen molar-refractivity contribution < 1.29 is 34.8 Å². The van der Waals surface area contributed by atoms with Gasteiger partial charge in [-0.25, -0.2) is 21.6 Å². The van der Waals surface area contributed by atoms with Crippen molar-refractivity contribution in [1.29, 1.82) is 0 Å². The molecule has 1 N–H and O–H groups in total. The zero-order valence-corrected chi connectivity index (χ0v) is 16.5. The first kappa shape index (κ1) is 22.1. The topological polar surface area (TPSA) is 89.2 Å². The third kappa shape index (κ3) is 4.01. The number of aromatic nitrogens is 4. The Kier molecular flexibility index (Phi) is 5.35. The van der Waals surface area contributed by atoms with Crippen molar-refractivity contribution in [1.82, 2.24) is 19.6 Å². The summed E-state index contributed by atoms with van der Waals surface area (Å²) >= 11 is 5.96. The molecule has 0 radical (unpaired) electrons. The Labute approximate surface area is 169 Å². The summed E-state index contributed by atoms with van der Waals surface area (Å²) in [7, 11) is -4.02. The summed E-state index contributed by atoms with van der Waals surface area (Å²) in [6.45, 7) is 0.690. The molecule has 162 valence electrons. The molecule has 0 saturated carbocycles. The number of alkyl halides is 3. The number of hydrogen-bond donors (Lipinski definition) is 1. The SMILES string of the molecule is CC(Nc1c(-c2c(F)cc(F)cc2F)c(Cl)nc2nc(S(C)(=O)=O)nn12)C(F)(F)F. The Balaban J connectivity index is 2.42. The first-order chi connectivity index (χ1) is 13.7. The molecule has 2 heterocycles. The first-order valence-corrected chi connectivity index (χ1v) is 10.1. The zero-order chi connectivity index (χ0) is 22.6. The van der Waals surface area contributed by atoms with Gasteiger partial charge in [-0.2, -0.15) is 27.7 Å². The lowest BCUT2D eigenvalue weighted by Crippen LogP contribution is -2.34. The molecular formula is C15H10ClF6N5O2S. The molecule has 7 nitrogen and oxygen atoms in total. The Hall–Kier alpha value is -2.61. The number of anilines is 1. The lowest BCUT2D eigenvalue weighted by Gasteiger charge is -2.21. The second-order valence-electron chi connectivity index (χ2n) is 6.16. The number of hydrogen-bond acceptors (Lipinski definition) is 6. The van der Waals surface area contributed by atoms with Crippen molar-refractivity contribution in [3.63, 3.8) is 0 Å². The summed E-state index contributed by atoms with van der Waals surface area (Å²) in [6.07, 6.45) is -4.09. The molecule has 0 amide bonds. The number of rotatable bonds is 4. The van der Waals surface area contributed by atoms with Crippen molar-refractivity contribution in [2.75, 3.05) is 11.6 Å². The molecule has 30 heavy (non-hydrogen) atoms. The first-order valence-electron chi connectivity index (χ1n) is 7.84. The normalized spacial score (nSPS) is 13.6. The third-order valence-corrected chi connectivity index (χ3v) is 4.97. The van der Waals surface area contributed by atoms with Gasteiger partial charge in [0.2, 0.25) is 9.84 Å². The summed E-state index contributed by atoms with van der Waals surface area (Å²) < 4.78 is 105. The largest absolute Gasteiger partial charge is 0.408 e. The maximum Gasteiger partial charge on any atom is 0.408 e. The standard InChI is InChI=1S/C15H10ClF6N5O2S/c1-5(15(20,21)22)23-12-10(9-7(18)3-6(17)4-8(9)19)11(16)24-13-25-14(26-27(12)13)30(2,28)29/h3-5,23H,1-2H3. The molecule has 2 aromatic heterocycles. The second kappa shape index (κ2) is 7.27. The average Bonchev–Trinajstić information content (AvgIpc) is 2.99. The highest BCUT2D eigenvalue weighted by Crippen LogP contribution is 2.39. The minimum absolute atomic E-state index is 0.291. The summed E-state index contributed by atoms with van der Waals surface area (Å²) in [5.41, 5.74) is -1.73. The van der Waals surface area contributed by atoms with Crippen LogP contribution in [0.4, 0.5) is 32.2 Å². The number of sulfone groups is 1. The highest BCUT2D eigenvalue weighted by molar-refractivity contribution is 7.90. The predicted octanol–water partition coefficient (Wildman–Crippen LogP) is 3.63. The van der Waals surface area contributed by atoms with Gasteiger partial charge in [0.1, 0.15) is 34.5 Å². The Morgan fingerprint density at radius 1 is 1.10 bits per heavy atom. The summed E-state index contributed by atoms with van der Waals surface area (Å²) in [6, 6.07) is -1.71. The van der Waals surface area contributed by atoms with Crippen molar-refractivity contribution in [2.24, 2.45) is 0 Å². The Morgan fingerprint density at radius 3 is 2.17 bits per heavy atom. The summed E-state index contributed by atoms with van der Waals surface area (Å²) in [5.74, 6) is -5.55. The van der Waals surface area contributed by atoms with Crippen LogP contribution in [0.3, 0.4) is 0 Å². The smallest absolute Gasteiger partial charge is 0.358 e. The molecule has 0 spiro atoms. The molecule has 0 aliphatic carbocycles. The van der Waals surface area contributed by atoms with E-state index in [1.54, 1.807) is 0 Å². The van der Waals surface area contributed by atoms with Crippen LogP contribution in [-0.2, 0) is 9.84 Å². The molecule has 3 aromatic rings. The van der Waals surface area contributed by atoms with E-state index >= 15 is 0 Å². The monoisotopic (exact) mass is 473 g/mol. The van der Waals surface area contributed by atoms with Gasteiger partial charge in [0, 0.05) is 18.4 Å². The van der Waals surface area contributed by atoms with Gasteiger partial charge < -0.3 is 5.32 Å². The van der Waals surface area contributed by atoms with E-state index < -0.39 is 72.5 Å². The lowest BCUT2D eigenvalue weighted by molar-refractivity contribution is -0.138. The van der Waals surface area contributed by atoms with E-state index in [1.165, 1.54) is 0 Å². The van der Waals surface area contributed by atoms with E-state index in [0.29, 0.717) is 23.6 Å². The maximum absolute atomic E-state index is 14.4. The van der Waals surface area contributed by atoms with Crippen LogP contribution in [0.1, 0.15) is 6.92 Å². The quantitative estimate of drug-likeness (QED) is 0.460. The van der Waals surface area contributed by atoms with E-state index in [-0.39, 0.29) is 0 Å². The molecular weight excluding hydrogens is 464 g/mol. The van der Waals surface area contributed by atoms with Crippen LogP contribution in [0.5, 0.6) is 0 Å². The Morgan fingerprint density at radius 2 is 1.67 bits per heavy atom. The van der Waals surface area contributed by atoms with E-state index in [2.05, 4.69) is 15.1 Å². The maximum atomic E-state index is 14.4. The van der Waals surface area contributed by atoms with Crippen LogP contribution < -0.4 is 5.32 Å². The second-order valence-corrected chi connectivity index (χ2v) is 8.42. The van der Waals surface area contributed by atoms with Crippen LogP contribution >= 0.6 is 11.6 Å². The molecule has 0 saturated heterocycles. The van der Waals surface area contributed by atoms with Gasteiger partial charge in [0.05, 0.1) is 11.1 Å². The zero-order valence-electron chi connectivity index (χ0n) is 14.9. The van der Waals surface area contributed by atoms with Crippen LogP contribution in [0, 0.1) is 17.5 Å². The number of nitrogens with zero attached hydrogens (tertiary/aromatic N) is 4. The van der Waals surface area contributed by atoms with Gasteiger partial charge in [-0.15, -0.1) is 5.10 Å². The van der Waals surface area contributed by atoms with E-state index in [4.69, 9.17) is 11.6 Å². The van der Waals surface area contributed by atoms with Gasteiger partial charge in [-0.3, -0.25) is 0 Å². The fourth-order valence-corrected chi connectivity index (χ4v) is 3.17. The summed E-state index contributed by atoms with van der Waals surface area (Å²) in [4.78, 5) is 7.23. The highest BCUT2D eigenvalue weighted by atomic mass is 35.5. The third-order valence-electron chi connectivity index (χ3n) is 3.86. The van der Waals surface area contributed by atoms with Gasteiger partial charge in [-0.1, -0.05) is 11.6 Å². The van der Waals surface area contributed by atoms with Crippen LogP contribution in [0.2, 0.25) is 5.15 Å². The molecule has 0 aliphatic rings. The Bertz CT molecular complexity index is 1240. The predicted molar refractivity (Wildman–Crippen MR) is 93.4 cm³/mol. The summed E-state index contributed by atoms with van der Waals surface area (Å²) in [5, 5.41) is 3.99. The molecule has 1 atom stereocenters. The van der Waals surface area contributed by atoms with Crippen LogP contribution in [0.25, 0.3) is 16.9 Å². The average molecular weight is 474 g/mol. The van der Waals surface area contributed by atoms with Gasteiger partial charge >= 0.3 is 6.18 Å². The van der Waals surface area contributed by atoms with Crippen LogP contribution in [-0.4, -0.2) is 46.5 Å². The minimum atomic E-state index is -4.82. The molecule has 15 heteroatoms. The minimum Gasteiger partial charge on any atom is -0.358 e. The van der Waals surface area contributed by atoms with Gasteiger partial charge in [0.15, 0.2) is 0 Å². The molecule has 0 fully saturated rings. The van der Waals surface area contributed by atoms with Crippen molar-refractivity contribution in [3.05, 3.63) is 34.7 Å². The molecule has 1 unspecified atom stereocenters. The molecule has 0 bridgehead atoms. The number of halogens is 7. The molecule has 3 rings (SSSR count). The van der Waals surface area contributed by atoms with E-state index in [0.717, 1.165) is 6.26 Å². The lowest BCUT2D eigenvalue weighted by atomic mass is 10.1. The highest BCUT2D eigenvalue weighted by Gasteiger charge is 2.38. The van der Waals surface area contributed by atoms with Crippen molar-refractivity contribution in [3.8, 4) is 11.1 Å². The van der Waals surface area contributed by atoms with Crippen molar-refractivity contribution >= 4 is 33.0 Å². The number of nitrogens with one attached hydrogen (secondary N) is 1.